The van der Waals surface area contributed by atoms with Crippen LogP contribution in [0.1, 0.15) is 30.7 Å². The number of nitro benzene ring substituents is 1. The summed E-state index contributed by atoms with van der Waals surface area (Å²) in [7, 11) is 0. The Kier molecular flexibility index (Phi) is 5.86. The smallest absolute Gasteiger partial charge is 0.306 e. The van der Waals surface area contributed by atoms with Crippen molar-refractivity contribution < 1.29 is 23.3 Å². The first-order valence-electron chi connectivity index (χ1n) is 9.31. The minimum Gasteiger partial charge on any atom is -0.493 e. The van der Waals surface area contributed by atoms with Crippen LogP contribution in [-0.4, -0.2) is 17.4 Å². The van der Waals surface area contributed by atoms with E-state index in [0.29, 0.717) is 23.5 Å². The number of furan rings is 1. The van der Waals surface area contributed by atoms with Gasteiger partial charge in [-0.1, -0.05) is 0 Å². The fourth-order valence-electron chi connectivity index (χ4n) is 3.14. The van der Waals surface area contributed by atoms with Crippen LogP contribution < -0.4 is 10.1 Å². The molecule has 1 amide bonds. The van der Waals surface area contributed by atoms with Crippen molar-refractivity contribution in [1.29, 1.82) is 0 Å². The Morgan fingerprint density at radius 3 is 2.70 bits per heavy atom. The molecule has 3 rings (SSSR count). The number of carbonyl (C=O) groups is 1. The number of hydrogen-bond donors (Lipinski definition) is 1. The third kappa shape index (κ3) is 4.17. The standard InChI is InChI=1S/C22H21FN2O5/c1-5-29-20-11-21-17(13(3)14(4)30-21)10-16(20)12(2)8-22(26)24-15-6-7-18(23)19(9-15)25(27)28/h6-11H,5H2,1-4H3,(H,24,26)/b12-8+. The van der Waals surface area contributed by atoms with Gasteiger partial charge in [0.15, 0.2) is 0 Å². The second kappa shape index (κ2) is 8.36. The molecule has 0 aliphatic heterocycles. The molecule has 0 saturated heterocycles. The summed E-state index contributed by atoms with van der Waals surface area (Å²) >= 11 is 0. The Bertz CT molecular complexity index is 1180. The maximum absolute atomic E-state index is 13.5. The zero-order valence-corrected chi connectivity index (χ0v) is 17.0. The van der Waals surface area contributed by atoms with Crippen LogP contribution in [0.5, 0.6) is 5.75 Å². The molecule has 3 aromatic rings. The maximum Gasteiger partial charge on any atom is 0.306 e. The third-order valence-electron chi connectivity index (χ3n) is 4.76. The lowest BCUT2D eigenvalue weighted by Crippen LogP contribution is -2.09. The molecule has 2 aromatic carbocycles. The number of ether oxygens (including phenoxy) is 1. The Morgan fingerprint density at radius 1 is 1.30 bits per heavy atom. The van der Waals surface area contributed by atoms with E-state index in [2.05, 4.69) is 5.32 Å². The van der Waals surface area contributed by atoms with Crippen molar-refractivity contribution in [2.24, 2.45) is 0 Å². The van der Waals surface area contributed by atoms with E-state index in [1.54, 1.807) is 13.0 Å². The number of hydrogen-bond acceptors (Lipinski definition) is 5. The number of benzene rings is 2. The maximum atomic E-state index is 13.5. The van der Waals surface area contributed by atoms with Gasteiger partial charge in [0, 0.05) is 34.8 Å². The number of nitrogens with one attached hydrogen (secondary N) is 1. The highest BCUT2D eigenvalue weighted by Crippen LogP contribution is 2.35. The molecule has 0 radical (unpaired) electrons. The third-order valence-corrected chi connectivity index (χ3v) is 4.76. The average Bonchev–Trinajstić information content (AvgIpc) is 2.95. The summed E-state index contributed by atoms with van der Waals surface area (Å²) in [4.78, 5) is 22.5. The molecule has 0 bridgehead atoms. The van der Waals surface area contributed by atoms with Crippen molar-refractivity contribution in [2.45, 2.75) is 27.7 Å². The molecule has 0 spiro atoms. The number of anilines is 1. The van der Waals surface area contributed by atoms with E-state index < -0.39 is 22.3 Å². The molecule has 0 aliphatic rings. The Balaban J connectivity index is 1.94. The first kappa shape index (κ1) is 21.0. The minimum absolute atomic E-state index is 0.124. The summed E-state index contributed by atoms with van der Waals surface area (Å²) in [6.07, 6.45) is 1.36. The number of nitrogens with zero attached hydrogens (tertiary/aromatic N) is 1. The predicted octanol–water partition coefficient (Wildman–Crippen LogP) is 5.54. The van der Waals surface area contributed by atoms with Gasteiger partial charge in [0.25, 0.3) is 0 Å². The second-order valence-electron chi connectivity index (χ2n) is 6.80. The number of halogens is 1. The first-order valence-corrected chi connectivity index (χ1v) is 9.31. The van der Waals surface area contributed by atoms with E-state index in [1.165, 1.54) is 12.1 Å². The van der Waals surface area contributed by atoms with Crippen LogP contribution in [0.15, 0.2) is 40.8 Å². The van der Waals surface area contributed by atoms with Crippen LogP contribution in [0.2, 0.25) is 0 Å². The van der Waals surface area contributed by atoms with Crippen LogP contribution in [0.3, 0.4) is 0 Å². The van der Waals surface area contributed by atoms with Gasteiger partial charge in [-0.25, -0.2) is 0 Å². The van der Waals surface area contributed by atoms with E-state index in [0.717, 1.165) is 34.4 Å². The quantitative estimate of drug-likeness (QED) is 0.326. The molecule has 1 aromatic heterocycles. The van der Waals surface area contributed by atoms with E-state index in [9.17, 15) is 19.3 Å². The van der Waals surface area contributed by atoms with Gasteiger partial charge >= 0.3 is 5.69 Å². The Morgan fingerprint density at radius 2 is 2.03 bits per heavy atom. The lowest BCUT2D eigenvalue weighted by molar-refractivity contribution is -0.387. The molecule has 7 nitrogen and oxygen atoms in total. The van der Waals surface area contributed by atoms with Crippen molar-refractivity contribution in [3.8, 4) is 5.75 Å². The number of amides is 1. The van der Waals surface area contributed by atoms with E-state index in [1.807, 2.05) is 26.8 Å². The zero-order chi connectivity index (χ0) is 22.0. The SMILES string of the molecule is CCOc1cc2oc(C)c(C)c2cc1/C(C)=C/C(=O)Nc1ccc(F)c([N+](=O)[O-])c1. The number of fused-ring (bicyclic) bond motifs is 1. The van der Waals surface area contributed by atoms with Gasteiger partial charge in [0.1, 0.15) is 17.1 Å². The number of nitro groups is 1. The van der Waals surface area contributed by atoms with Gasteiger partial charge in [0.2, 0.25) is 11.7 Å². The Labute approximate surface area is 172 Å². The van der Waals surface area contributed by atoms with E-state index >= 15 is 0 Å². The molecule has 30 heavy (non-hydrogen) atoms. The summed E-state index contributed by atoms with van der Waals surface area (Å²) in [5.74, 6) is -0.0826. The minimum atomic E-state index is -0.967. The van der Waals surface area contributed by atoms with Crippen molar-refractivity contribution in [3.63, 3.8) is 0 Å². The van der Waals surface area contributed by atoms with E-state index in [-0.39, 0.29) is 5.69 Å². The molecular weight excluding hydrogens is 391 g/mol. The highest BCUT2D eigenvalue weighted by atomic mass is 19.1. The fourth-order valence-corrected chi connectivity index (χ4v) is 3.14. The van der Waals surface area contributed by atoms with Crippen molar-refractivity contribution >= 4 is 33.8 Å². The second-order valence-corrected chi connectivity index (χ2v) is 6.80. The average molecular weight is 412 g/mol. The Hall–Kier alpha value is -3.68. The highest BCUT2D eigenvalue weighted by Gasteiger charge is 2.17. The van der Waals surface area contributed by atoms with Crippen LogP contribution in [-0.2, 0) is 4.79 Å². The van der Waals surface area contributed by atoms with Gasteiger partial charge in [-0.2, -0.15) is 4.39 Å². The summed E-state index contributed by atoms with van der Waals surface area (Å²) in [5, 5.41) is 14.3. The normalized spacial score (nSPS) is 11.6. The van der Waals surface area contributed by atoms with Crippen LogP contribution in [0.25, 0.3) is 16.5 Å². The van der Waals surface area contributed by atoms with E-state index in [4.69, 9.17) is 9.15 Å². The lowest BCUT2D eigenvalue weighted by Gasteiger charge is -2.11. The number of allylic oxidation sites excluding steroid dienone is 1. The molecule has 1 N–H and O–H groups in total. The first-order chi connectivity index (χ1) is 14.2. The van der Waals surface area contributed by atoms with Crippen LogP contribution in [0, 0.1) is 29.8 Å². The molecular formula is C22H21FN2O5. The molecule has 0 fully saturated rings. The fraction of sp³-hybridized carbons (Fsp3) is 0.227. The summed E-state index contributed by atoms with van der Waals surface area (Å²) < 4.78 is 25.0. The topological polar surface area (TPSA) is 94.6 Å². The molecule has 156 valence electrons. The van der Waals surface area contributed by atoms with Crippen molar-refractivity contribution in [1.82, 2.24) is 0 Å². The lowest BCUT2D eigenvalue weighted by atomic mass is 10.0. The molecule has 0 unspecified atom stereocenters. The molecule has 0 aliphatic carbocycles. The molecule has 0 atom stereocenters. The predicted molar refractivity (Wildman–Crippen MR) is 112 cm³/mol. The van der Waals surface area contributed by atoms with Crippen LogP contribution >= 0.6 is 0 Å². The van der Waals surface area contributed by atoms with Gasteiger partial charge in [-0.15, -0.1) is 0 Å². The van der Waals surface area contributed by atoms with Crippen molar-refractivity contribution in [3.05, 3.63) is 69.2 Å². The molecule has 0 saturated carbocycles. The largest absolute Gasteiger partial charge is 0.493 e. The van der Waals surface area contributed by atoms with Gasteiger partial charge in [-0.3, -0.25) is 14.9 Å². The monoisotopic (exact) mass is 412 g/mol. The molecule has 1 heterocycles. The van der Waals surface area contributed by atoms with Gasteiger partial charge in [-0.05, 0) is 57.0 Å². The van der Waals surface area contributed by atoms with Gasteiger partial charge in [0.05, 0.1) is 11.5 Å². The van der Waals surface area contributed by atoms with Gasteiger partial charge < -0.3 is 14.5 Å². The molecule has 8 heteroatoms. The zero-order valence-electron chi connectivity index (χ0n) is 17.0. The summed E-state index contributed by atoms with van der Waals surface area (Å²) in [5.41, 5.74) is 2.49. The van der Waals surface area contributed by atoms with Crippen molar-refractivity contribution in [2.75, 3.05) is 11.9 Å². The highest BCUT2D eigenvalue weighted by molar-refractivity contribution is 6.04. The number of aryl methyl sites for hydroxylation is 2. The summed E-state index contributed by atoms with van der Waals surface area (Å²) in [6.45, 7) is 7.90. The summed E-state index contributed by atoms with van der Waals surface area (Å²) in [6, 6.07) is 6.89. The number of carbonyl (C=O) groups excluding carboxylic acids is 1. The van der Waals surface area contributed by atoms with Crippen LogP contribution in [0.4, 0.5) is 15.8 Å². The number of rotatable bonds is 6.